The van der Waals surface area contributed by atoms with Gasteiger partial charge in [0, 0.05) is 25.2 Å². The molecule has 1 heterocycles. The summed E-state index contributed by atoms with van der Waals surface area (Å²) >= 11 is 0. The molecule has 0 aromatic heterocycles. The van der Waals surface area contributed by atoms with Crippen molar-refractivity contribution in [3.8, 4) is 0 Å². The lowest BCUT2D eigenvalue weighted by atomic mass is 10.2. The van der Waals surface area contributed by atoms with E-state index in [1.165, 1.54) is 12.1 Å². The monoisotopic (exact) mass is 184 g/mol. The number of nitrogens with one attached hydrogen (secondary N) is 2. The first-order valence-electron chi connectivity index (χ1n) is 4.24. The predicted octanol–water partition coefficient (Wildman–Crippen LogP) is 2.19. The number of halogens is 2. The molecule has 0 bridgehead atoms. The maximum Gasteiger partial charge on any atom is 0.161 e. The van der Waals surface area contributed by atoms with Crippen LogP contribution in [0.1, 0.15) is 6.42 Å². The largest absolute Gasteiger partial charge is 0.383 e. The minimum absolute atomic E-state index is 0.636. The first-order chi connectivity index (χ1) is 6.27. The average Bonchev–Trinajstić information content (AvgIpc) is 2.31. The Hall–Kier alpha value is -1.32. The van der Waals surface area contributed by atoms with Gasteiger partial charge in [0.2, 0.25) is 0 Å². The third kappa shape index (κ3) is 1.56. The fourth-order valence-electron chi connectivity index (χ4n) is 1.37. The van der Waals surface area contributed by atoms with Crippen LogP contribution in [0.3, 0.4) is 0 Å². The third-order valence-corrected chi connectivity index (χ3v) is 2.04. The molecule has 1 aromatic carbocycles. The first-order valence-corrected chi connectivity index (χ1v) is 4.24. The Kier molecular flexibility index (Phi) is 2.04. The van der Waals surface area contributed by atoms with Gasteiger partial charge >= 0.3 is 0 Å². The lowest BCUT2D eigenvalue weighted by Crippen LogP contribution is -2.01. The molecule has 2 nitrogen and oxygen atoms in total. The molecule has 0 aliphatic carbocycles. The summed E-state index contributed by atoms with van der Waals surface area (Å²) in [4.78, 5) is 0. The fraction of sp³-hybridized carbons (Fsp3) is 0.333. The van der Waals surface area contributed by atoms with Crippen LogP contribution < -0.4 is 10.6 Å². The Morgan fingerprint density at radius 3 is 1.85 bits per heavy atom. The van der Waals surface area contributed by atoms with Crippen LogP contribution in [-0.4, -0.2) is 13.1 Å². The van der Waals surface area contributed by atoms with E-state index >= 15 is 0 Å². The molecule has 0 radical (unpaired) electrons. The van der Waals surface area contributed by atoms with Gasteiger partial charge in [-0.3, -0.25) is 0 Å². The molecule has 2 N–H and O–H groups in total. The summed E-state index contributed by atoms with van der Waals surface area (Å²) in [5.41, 5.74) is 1.27. The van der Waals surface area contributed by atoms with Gasteiger partial charge in [-0.25, -0.2) is 8.78 Å². The molecule has 2 rings (SSSR count). The van der Waals surface area contributed by atoms with Crippen LogP contribution in [0.5, 0.6) is 0 Å². The molecular formula is C9H10F2N2. The fourth-order valence-corrected chi connectivity index (χ4v) is 1.37. The lowest BCUT2D eigenvalue weighted by molar-refractivity contribution is 0.509. The van der Waals surface area contributed by atoms with Gasteiger partial charge in [-0.15, -0.1) is 0 Å². The summed E-state index contributed by atoms with van der Waals surface area (Å²) in [6.45, 7) is 1.57. The highest BCUT2D eigenvalue weighted by Crippen LogP contribution is 2.26. The number of hydrogen-bond acceptors (Lipinski definition) is 2. The van der Waals surface area contributed by atoms with Crippen LogP contribution >= 0.6 is 0 Å². The first kappa shape index (κ1) is 8.29. The highest BCUT2D eigenvalue weighted by Gasteiger charge is 2.11. The van der Waals surface area contributed by atoms with Gasteiger partial charge < -0.3 is 10.6 Å². The summed E-state index contributed by atoms with van der Waals surface area (Å²) in [7, 11) is 0. The molecule has 4 heteroatoms. The van der Waals surface area contributed by atoms with Crippen molar-refractivity contribution < 1.29 is 8.78 Å². The summed E-state index contributed by atoms with van der Waals surface area (Å²) < 4.78 is 25.6. The van der Waals surface area contributed by atoms with Crippen molar-refractivity contribution >= 4 is 11.4 Å². The Balaban J connectivity index is 2.43. The van der Waals surface area contributed by atoms with E-state index in [-0.39, 0.29) is 0 Å². The number of benzene rings is 1. The van der Waals surface area contributed by atoms with Crippen molar-refractivity contribution in [1.29, 1.82) is 0 Å². The van der Waals surface area contributed by atoms with Crippen molar-refractivity contribution in [2.24, 2.45) is 0 Å². The van der Waals surface area contributed by atoms with Crippen LogP contribution in [-0.2, 0) is 0 Å². The summed E-state index contributed by atoms with van der Waals surface area (Å²) in [5, 5.41) is 6.05. The maximum absolute atomic E-state index is 12.8. The van der Waals surface area contributed by atoms with Crippen molar-refractivity contribution in [3.63, 3.8) is 0 Å². The second-order valence-corrected chi connectivity index (χ2v) is 3.02. The molecule has 0 saturated heterocycles. The molecule has 70 valence electrons. The molecular weight excluding hydrogens is 174 g/mol. The molecule has 0 atom stereocenters. The zero-order valence-corrected chi connectivity index (χ0v) is 7.03. The van der Waals surface area contributed by atoms with Gasteiger partial charge in [0.25, 0.3) is 0 Å². The van der Waals surface area contributed by atoms with Gasteiger partial charge in [0.15, 0.2) is 11.6 Å². The van der Waals surface area contributed by atoms with Crippen LogP contribution in [0.4, 0.5) is 20.2 Å². The van der Waals surface area contributed by atoms with E-state index in [2.05, 4.69) is 10.6 Å². The quantitative estimate of drug-likeness (QED) is 0.645. The molecule has 1 aliphatic heterocycles. The van der Waals surface area contributed by atoms with Crippen LogP contribution in [0.25, 0.3) is 0 Å². The Morgan fingerprint density at radius 2 is 1.38 bits per heavy atom. The number of rotatable bonds is 0. The van der Waals surface area contributed by atoms with E-state index in [0.29, 0.717) is 11.4 Å². The third-order valence-electron chi connectivity index (χ3n) is 2.04. The minimum Gasteiger partial charge on any atom is -0.383 e. The topological polar surface area (TPSA) is 24.1 Å². The highest BCUT2D eigenvalue weighted by atomic mass is 19.2. The smallest absolute Gasteiger partial charge is 0.161 e. The Bertz CT molecular complexity index is 295. The highest BCUT2D eigenvalue weighted by molar-refractivity contribution is 5.69. The van der Waals surface area contributed by atoms with Gasteiger partial charge in [-0.2, -0.15) is 0 Å². The SMILES string of the molecule is Fc1cc2c(cc1F)NCCCN2. The molecule has 13 heavy (non-hydrogen) atoms. The summed E-state index contributed by atoms with van der Waals surface area (Å²) in [5.74, 6) is -1.62. The van der Waals surface area contributed by atoms with Crippen LogP contribution in [0.2, 0.25) is 0 Å². The zero-order chi connectivity index (χ0) is 9.26. The molecule has 0 fully saturated rings. The number of hydrogen-bond donors (Lipinski definition) is 2. The Morgan fingerprint density at radius 1 is 0.923 bits per heavy atom. The molecule has 1 aliphatic rings. The van der Waals surface area contributed by atoms with Gasteiger partial charge in [0.1, 0.15) is 0 Å². The van der Waals surface area contributed by atoms with E-state index in [1.807, 2.05) is 0 Å². The zero-order valence-electron chi connectivity index (χ0n) is 7.03. The van der Waals surface area contributed by atoms with E-state index in [0.717, 1.165) is 19.5 Å². The Labute approximate surface area is 75.0 Å². The summed E-state index contributed by atoms with van der Waals surface area (Å²) in [6.07, 6.45) is 0.942. The summed E-state index contributed by atoms with van der Waals surface area (Å²) in [6, 6.07) is 2.37. The number of fused-ring (bicyclic) bond motifs is 1. The average molecular weight is 184 g/mol. The van der Waals surface area contributed by atoms with Crippen LogP contribution in [0.15, 0.2) is 12.1 Å². The van der Waals surface area contributed by atoms with E-state index in [4.69, 9.17) is 0 Å². The standard InChI is InChI=1S/C9H10F2N2/c10-6-4-8-9(5-7(6)11)13-3-1-2-12-8/h4-5,12-13H,1-3H2. The van der Waals surface area contributed by atoms with Crippen molar-refractivity contribution in [1.82, 2.24) is 0 Å². The van der Waals surface area contributed by atoms with Crippen molar-refractivity contribution in [2.75, 3.05) is 23.7 Å². The minimum atomic E-state index is -0.810. The molecule has 0 spiro atoms. The van der Waals surface area contributed by atoms with Gasteiger partial charge in [-0.1, -0.05) is 0 Å². The number of anilines is 2. The molecule has 0 amide bonds. The normalized spacial score (nSPS) is 15.2. The van der Waals surface area contributed by atoms with Gasteiger partial charge in [0.05, 0.1) is 11.4 Å². The second-order valence-electron chi connectivity index (χ2n) is 3.02. The second kappa shape index (κ2) is 3.20. The van der Waals surface area contributed by atoms with E-state index < -0.39 is 11.6 Å². The van der Waals surface area contributed by atoms with E-state index in [1.54, 1.807) is 0 Å². The van der Waals surface area contributed by atoms with Gasteiger partial charge in [-0.05, 0) is 6.42 Å². The van der Waals surface area contributed by atoms with Crippen molar-refractivity contribution in [2.45, 2.75) is 6.42 Å². The predicted molar refractivity (Wildman–Crippen MR) is 48.0 cm³/mol. The lowest BCUT2D eigenvalue weighted by Gasteiger charge is -2.08. The maximum atomic E-state index is 12.8. The van der Waals surface area contributed by atoms with E-state index in [9.17, 15) is 8.78 Å². The molecule has 0 saturated carbocycles. The molecule has 1 aromatic rings. The van der Waals surface area contributed by atoms with Crippen molar-refractivity contribution in [3.05, 3.63) is 23.8 Å². The molecule has 0 unspecified atom stereocenters. The van der Waals surface area contributed by atoms with Crippen LogP contribution in [0, 0.1) is 11.6 Å².